The van der Waals surface area contributed by atoms with E-state index in [0.717, 1.165) is 55.6 Å². The maximum absolute atomic E-state index is 5.07. The first-order chi connectivity index (χ1) is 20.3. The largest absolute Gasteiger partial charge is 0.294 e. The first kappa shape index (κ1) is 23.2. The summed E-state index contributed by atoms with van der Waals surface area (Å²) in [7, 11) is 0. The summed E-state index contributed by atoms with van der Waals surface area (Å²) < 4.78 is 2.24. The Morgan fingerprint density at radius 1 is 0.439 bits per heavy atom. The fraction of sp³-hybridized carbons (Fsp3) is 0. The normalized spacial score (nSPS) is 11.4. The van der Waals surface area contributed by atoms with E-state index in [9.17, 15) is 0 Å². The van der Waals surface area contributed by atoms with Gasteiger partial charge in [-0.1, -0.05) is 109 Å². The van der Waals surface area contributed by atoms with Crippen molar-refractivity contribution in [3.63, 3.8) is 0 Å². The standard InChI is InChI=1S/C36H23N5/c1-3-12-24(13-4-1)33-38-34(25-14-5-2-6-15-25)40-35(39-33)27-17-11-18-28(22-27)41-32-21-10-7-16-26(32)23-30-29-19-8-9-20-31(29)37-36(30)41/h1-23H. The molecule has 3 heterocycles. The van der Waals surface area contributed by atoms with Crippen LogP contribution in [-0.4, -0.2) is 24.5 Å². The highest BCUT2D eigenvalue weighted by Gasteiger charge is 2.20. The van der Waals surface area contributed by atoms with Gasteiger partial charge in [-0.2, -0.15) is 0 Å². The molecule has 0 bridgehead atoms. The summed E-state index contributed by atoms with van der Waals surface area (Å²) in [5.41, 5.74) is 7.00. The van der Waals surface area contributed by atoms with E-state index in [1.807, 2.05) is 66.7 Å². The van der Waals surface area contributed by atoms with Crippen molar-refractivity contribution in [3.8, 4) is 51.2 Å². The van der Waals surface area contributed by atoms with Crippen LogP contribution in [0.15, 0.2) is 140 Å². The van der Waals surface area contributed by atoms with Crippen molar-refractivity contribution in [2.45, 2.75) is 0 Å². The van der Waals surface area contributed by atoms with E-state index in [1.165, 1.54) is 0 Å². The molecule has 1 aromatic heterocycles. The van der Waals surface area contributed by atoms with Gasteiger partial charge in [-0.15, -0.1) is 0 Å². The molecule has 192 valence electrons. The first-order valence-electron chi connectivity index (χ1n) is 13.6. The third kappa shape index (κ3) is 4.03. The fourth-order valence-corrected chi connectivity index (χ4v) is 5.47. The summed E-state index contributed by atoms with van der Waals surface area (Å²) in [4.78, 5) is 19.8. The summed E-state index contributed by atoms with van der Waals surface area (Å²) in [5.74, 6) is 2.83. The molecule has 0 fully saturated rings. The molecule has 8 rings (SSSR count). The van der Waals surface area contributed by atoms with Crippen molar-refractivity contribution in [1.82, 2.24) is 24.5 Å². The highest BCUT2D eigenvalue weighted by Crippen LogP contribution is 2.37. The Morgan fingerprint density at radius 3 is 1.76 bits per heavy atom. The van der Waals surface area contributed by atoms with Gasteiger partial charge in [-0.3, -0.25) is 4.57 Å². The lowest BCUT2D eigenvalue weighted by Crippen LogP contribution is -2.04. The van der Waals surface area contributed by atoms with E-state index in [2.05, 4.69) is 77.4 Å². The Morgan fingerprint density at radius 2 is 1.02 bits per heavy atom. The van der Waals surface area contributed by atoms with E-state index in [-0.39, 0.29) is 0 Å². The van der Waals surface area contributed by atoms with E-state index in [0.29, 0.717) is 17.5 Å². The van der Waals surface area contributed by atoms with Gasteiger partial charge in [0.2, 0.25) is 0 Å². The molecule has 0 unspecified atom stereocenters. The molecule has 0 spiro atoms. The second-order valence-corrected chi connectivity index (χ2v) is 9.99. The molecule has 0 radical (unpaired) electrons. The zero-order valence-electron chi connectivity index (χ0n) is 22.0. The van der Waals surface area contributed by atoms with E-state index in [4.69, 9.17) is 19.9 Å². The number of hydrogen-bond donors (Lipinski definition) is 0. The molecule has 5 nitrogen and oxygen atoms in total. The predicted molar refractivity (Wildman–Crippen MR) is 165 cm³/mol. The van der Waals surface area contributed by atoms with E-state index >= 15 is 0 Å². The van der Waals surface area contributed by atoms with Gasteiger partial charge >= 0.3 is 0 Å². The lowest BCUT2D eigenvalue weighted by molar-refractivity contribution is 1.06. The van der Waals surface area contributed by atoms with Crippen LogP contribution in [-0.2, 0) is 0 Å². The molecular formula is C36H23N5. The van der Waals surface area contributed by atoms with Gasteiger partial charge < -0.3 is 0 Å². The lowest BCUT2D eigenvalue weighted by Gasteiger charge is -2.17. The SMILES string of the molecule is c1ccc(-c2nc(-c3ccccc3)nc(-c3cccc(-n4c5nc6ccccc6c-5cc5ccccc54)c3)n2)cc1. The molecule has 6 aromatic rings. The average molecular weight is 526 g/mol. The summed E-state index contributed by atoms with van der Waals surface area (Å²) >= 11 is 0. The minimum Gasteiger partial charge on any atom is -0.294 e. The predicted octanol–water partition coefficient (Wildman–Crippen LogP) is 8.47. The Labute approximate surface area is 236 Å². The number of aromatic nitrogens is 5. The molecule has 5 aromatic carbocycles. The zero-order valence-corrected chi connectivity index (χ0v) is 22.0. The Kier molecular flexibility index (Phi) is 5.38. The van der Waals surface area contributed by atoms with Crippen molar-refractivity contribution in [3.05, 3.63) is 140 Å². The topological polar surface area (TPSA) is 56.5 Å². The second-order valence-electron chi connectivity index (χ2n) is 9.99. The minimum absolute atomic E-state index is 0.622. The summed E-state index contributed by atoms with van der Waals surface area (Å²) in [6.07, 6.45) is 0. The summed E-state index contributed by atoms with van der Waals surface area (Å²) in [6.45, 7) is 0. The quantitative estimate of drug-likeness (QED) is 0.231. The highest BCUT2D eigenvalue weighted by atomic mass is 15.1. The molecule has 0 saturated heterocycles. The molecule has 0 N–H and O–H groups in total. The smallest absolute Gasteiger partial charge is 0.164 e. The fourth-order valence-electron chi connectivity index (χ4n) is 5.47. The van der Waals surface area contributed by atoms with Crippen molar-refractivity contribution in [2.75, 3.05) is 0 Å². The van der Waals surface area contributed by atoms with Gasteiger partial charge in [0.15, 0.2) is 17.5 Å². The van der Waals surface area contributed by atoms with Crippen molar-refractivity contribution in [1.29, 1.82) is 0 Å². The third-order valence-corrected chi connectivity index (χ3v) is 7.41. The van der Waals surface area contributed by atoms with Gasteiger partial charge in [0.05, 0.1) is 11.0 Å². The molecule has 41 heavy (non-hydrogen) atoms. The maximum atomic E-state index is 5.07. The highest BCUT2D eigenvalue weighted by molar-refractivity contribution is 6.01. The lowest BCUT2D eigenvalue weighted by atomic mass is 10.1. The molecule has 0 aliphatic carbocycles. The molecule has 0 saturated carbocycles. The van der Waals surface area contributed by atoms with Crippen LogP contribution in [0.5, 0.6) is 0 Å². The number of fused-ring (bicyclic) bond motifs is 4. The zero-order chi connectivity index (χ0) is 27.2. The Bertz CT molecular complexity index is 2090. The van der Waals surface area contributed by atoms with Crippen molar-refractivity contribution < 1.29 is 0 Å². The van der Waals surface area contributed by atoms with Crippen LogP contribution >= 0.6 is 0 Å². The van der Waals surface area contributed by atoms with Crippen LogP contribution in [0.4, 0.5) is 0 Å². The number of pyridine rings is 1. The summed E-state index contributed by atoms with van der Waals surface area (Å²) in [6, 6.07) is 47.5. The number of para-hydroxylation sites is 2. The Hall–Kier alpha value is -5.68. The number of rotatable bonds is 4. The van der Waals surface area contributed by atoms with Gasteiger partial charge in [0.25, 0.3) is 0 Å². The van der Waals surface area contributed by atoms with Crippen LogP contribution in [0, 0.1) is 0 Å². The maximum Gasteiger partial charge on any atom is 0.164 e. The summed E-state index contributed by atoms with van der Waals surface area (Å²) in [5, 5.41) is 2.30. The van der Waals surface area contributed by atoms with Gasteiger partial charge in [-0.05, 0) is 35.7 Å². The molecular weight excluding hydrogens is 502 g/mol. The van der Waals surface area contributed by atoms with Crippen molar-refractivity contribution >= 4 is 21.8 Å². The molecule has 0 atom stereocenters. The van der Waals surface area contributed by atoms with E-state index in [1.54, 1.807) is 0 Å². The first-order valence-corrected chi connectivity index (χ1v) is 13.6. The van der Waals surface area contributed by atoms with Gasteiger partial charge in [-0.25, -0.2) is 19.9 Å². The van der Waals surface area contributed by atoms with Gasteiger partial charge in [0.1, 0.15) is 5.82 Å². The monoisotopic (exact) mass is 525 g/mol. The Balaban J connectivity index is 1.35. The van der Waals surface area contributed by atoms with Gasteiger partial charge in [0, 0.05) is 33.3 Å². The minimum atomic E-state index is 0.622. The number of hydrogen-bond acceptors (Lipinski definition) is 4. The average Bonchev–Trinajstić information content (AvgIpc) is 3.42. The molecule has 0 amide bonds. The van der Waals surface area contributed by atoms with Crippen LogP contribution in [0.25, 0.3) is 73.0 Å². The van der Waals surface area contributed by atoms with Crippen LogP contribution in [0.2, 0.25) is 0 Å². The van der Waals surface area contributed by atoms with Crippen LogP contribution < -0.4 is 0 Å². The molecule has 2 aliphatic heterocycles. The molecule has 2 aliphatic rings. The van der Waals surface area contributed by atoms with E-state index < -0.39 is 0 Å². The van der Waals surface area contributed by atoms with Crippen molar-refractivity contribution in [2.24, 2.45) is 0 Å². The number of nitrogens with zero attached hydrogens (tertiary/aromatic N) is 5. The molecule has 5 heteroatoms. The third-order valence-electron chi connectivity index (χ3n) is 7.41. The number of benzene rings is 5. The van der Waals surface area contributed by atoms with Crippen LogP contribution in [0.3, 0.4) is 0 Å². The van der Waals surface area contributed by atoms with Crippen LogP contribution in [0.1, 0.15) is 0 Å². The second kappa shape index (κ2) is 9.50.